The Morgan fingerprint density at radius 1 is 1.21 bits per heavy atom. The fraction of sp³-hybridized carbons (Fsp3) is 0.300. The van der Waals surface area contributed by atoms with Crippen molar-refractivity contribution in [3.8, 4) is 17.1 Å². The van der Waals surface area contributed by atoms with Crippen LogP contribution in [0, 0.1) is 10.1 Å². The first-order valence-corrected chi connectivity index (χ1v) is 9.26. The number of nitrogens with zero attached hydrogens (tertiary/aromatic N) is 4. The van der Waals surface area contributed by atoms with Gasteiger partial charge in [0.15, 0.2) is 0 Å². The Morgan fingerprint density at radius 2 is 2.04 bits per heavy atom. The second-order valence-electron chi connectivity index (χ2n) is 6.57. The zero-order chi connectivity index (χ0) is 20.1. The van der Waals surface area contributed by atoms with E-state index in [2.05, 4.69) is 17.3 Å². The number of nitrogens with one attached hydrogen (secondary N) is 1. The standard InChI is InChI=1S/C20H23N5O3/c1-3-4-5-11-21-20(26)19-14-17(18-10-7-12-23(18)2)22-24(19)15-8-6-9-16(13-15)25(27)28/h6-10,12-14H,3-5,11H2,1-2H3,(H,21,26). The molecule has 0 unspecified atom stereocenters. The SMILES string of the molecule is CCCCCNC(=O)c1cc(-c2cccn2C)nn1-c1cccc([N+](=O)[O-])c1. The second kappa shape index (κ2) is 8.51. The Balaban J connectivity index is 2.00. The van der Waals surface area contributed by atoms with E-state index in [4.69, 9.17) is 0 Å². The fourth-order valence-corrected chi connectivity index (χ4v) is 3.00. The van der Waals surface area contributed by atoms with Crippen LogP contribution in [0.1, 0.15) is 36.7 Å². The number of hydrogen-bond acceptors (Lipinski definition) is 4. The molecule has 1 amide bonds. The number of nitro groups is 1. The van der Waals surface area contributed by atoms with Crippen molar-refractivity contribution in [2.75, 3.05) is 6.54 Å². The molecule has 146 valence electrons. The van der Waals surface area contributed by atoms with Crippen LogP contribution >= 0.6 is 0 Å². The third-order valence-electron chi connectivity index (χ3n) is 4.50. The maximum absolute atomic E-state index is 12.8. The van der Waals surface area contributed by atoms with Gasteiger partial charge < -0.3 is 9.88 Å². The molecule has 0 radical (unpaired) electrons. The smallest absolute Gasteiger partial charge is 0.271 e. The summed E-state index contributed by atoms with van der Waals surface area (Å²) in [6, 6.07) is 11.6. The van der Waals surface area contributed by atoms with Gasteiger partial charge in [0.25, 0.3) is 11.6 Å². The van der Waals surface area contributed by atoms with E-state index >= 15 is 0 Å². The van der Waals surface area contributed by atoms with Crippen LogP contribution in [0.15, 0.2) is 48.7 Å². The van der Waals surface area contributed by atoms with Gasteiger partial charge in [-0.15, -0.1) is 0 Å². The second-order valence-corrected chi connectivity index (χ2v) is 6.57. The monoisotopic (exact) mass is 381 g/mol. The normalized spacial score (nSPS) is 10.8. The molecule has 0 saturated heterocycles. The van der Waals surface area contributed by atoms with Crippen LogP contribution in [-0.2, 0) is 7.05 Å². The first kappa shape index (κ1) is 19.3. The fourth-order valence-electron chi connectivity index (χ4n) is 3.00. The molecule has 0 aliphatic carbocycles. The molecule has 2 aromatic heterocycles. The predicted octanol–water partition coefficient (Wildman–Crippen LogP) is 3.71. The summed E-state index contributed by atoms with van der Waals surface area (Å²) in [5.74, 6) is -0.254. The van der Waals surface area contributed by atoms with Crippen LogP contribution in [0.25, 0.3) is 17.1 Å². The zero-order valence-corrected chi connectivity index (χ0v) is 16.0. The maximum Gasteiger partial charge on any atom is 0.271 e. The number of rotatable bonds is 8. The van der Waals surface area contributed by atoms with E-state index in [1.54, 1.807) is 18.2 Å². The van der Waals surface area contributed by atoms with Crippen molar-refractivity contribution in [1.29, 1.82) is 0 Å². The lowest BCUT2D eigenvalue weighted by Gasteiger charge is -2.08. The molecule has 8 nitrogen and oxygen atoms in total. The highest BCUT2D eigenvalue weighted by molar-refractivity contribution is 5.94. The van der Waals surface area contributed by atoms with Crippen molar-refractivity contribution in [1.82, 2.24) is 19.7 Å². The Kier molecular flexibility index (Phi) is 5.88. The van der Waals surface area contributed by atoms with Crippen LogP contribution in [-0.4, -0.2) is 31.7 Å². The minimum absolute atomic E-state index is 0.0530. The average Bonchev–Trinajstić information content (AvgIpc) is 3.31. The van der Waals surface area contributed by atoms with Gasteiger partial charge in [0.2, 0.25) is 0 Å². The van der Waals surface area contributed by atoms with Crippen LogP contribution in [0.5, 0.6) is 0 Å². The van der Waals surface area contributed by atoms with Gasteiger partial charge in [-0.2, -0.15) is 5.10 Å². The van der Waals surface area contributed by atoms with Crippen LogP contribution < -0.4 is 5.32 Å². The van der Waals surface area contributed by atoms with Crippen molar-refractivity contribution in [2.45, 2.75) is 26.2 Å². The topological polar surface area (TPSA) is 95.0 Å². The molecule has 1 aromatic carbocycles. The molecule has 1 N–H and O–H groups in total. The van der Waals surface area contributed by atoms with E-state index in [1.165, 1.54) is 16.8 Å². The minimum atomic E-state index is -0.463. The van der Waals surface area contributed by atoms with Gasteiger partial charge in [0.05, 0.1) is 16.3 Å². The summed E-state index contributed by atoms with van der Waals surface area (Å²) in [5, 5.41) is 18.6. The maximum atomic E-state index is 12.8. The van der Waals surface area contributed by atoms with Crippen molar-refractivity contribution < 1.29 is 9.72 Å². The molecule has 0 aliphatic heterocycles. The molecule has 8 heteroatoms. The predicted molar refractivity (Wildman–Crippen MR) is 106 cm³/mol. The van der Waals surface area contributed by atoms with Gasteiger partial charge in [0.1, 0.15) is 11.4 Å². The molecule has 3 rings (SSSR count). The van der Waals surface area contributed by atoms with Crippen molar-refractivity contribution in [3.05, 3.63) is 64.5 Å². The first-order chi connectivity index (χ1) is 13.5. The molecular formula is C20H23N5O3. The summed E-state index contributed by atoms with van der Waals surface area (Å²) in [6.45, 7) is 2.68. The lowest BCUT2D eigenvalue weighted by Crippen LogP contribution is -2.26. The lowest BCUT2D eigenvalue weighted by atomic mass is 10.2. The van der Waals surface area contributed by atoms with E-state index in [1.807, 2.05) is 29.9 Å². The summed E-state index contributed by atoms with van der Waals surface area (Å²) >= 11 is 0. The number of hydrogen-bond donors (Lipinski definition) is 1. The molecule has 0 atom stereocenters. The number of aromatic nitrogens is 3. The lowest BCUT2D eigenvalue weighted by molar-refractivity contribution is -0.384. The van der Waals surface area contributed by atoms with E-state index in [-0.39, 0.29) is 11.6 Å². The van der Waals surface area contributed by atoms with Gasteiger partial charge in [-0.1, -0.05) is 25.8 Å². The molecular weight excluding hydrogens is 358 g/mol. The summed E-state index contributed by atoms with van der Waals surface area (Å²) in [6.07, 6.45) is 4.90. The summed E-state index contributed by atoms with van der Waals surface area (Å²) in [5.41, 5.74) is 2.23. The first-order valence-electron chi connectivity index (χ1n) is 9.26. The highest BCUT2D eigenvalue weighted by atomic mass is 16.6. The largest absolute Gasteiger partial charge is 0.351 e. The van der Waals surface area contributed by atoms with E-state index in [0.717, 1.165) is 25.0 Å². The number of unbranched alkanes of at least 4 members (excludes halogenated alkanes) is 2. The summed E-state index contributed by atoms with van der Waals surface area (Å²) < 4.78 is 3.37. The highest BCUT2D eigenvalue weighted by Crippen LogP contribution is 2.24. The Labute approximate surface area is 162 Å². The van der Waals surface area contributed by atoms with Gasteiger partial charge in [-0.25, -0.2) is 4.68 Å². The Morgan fingerprint density at radius 3 is 2.71 bits per heavy atom. The Bertz CT molecular complexity index is 989. The molecule has 0 fully saturated rings. The van der Waals surface area contributed by atoms with E-state index in [9.17, 15) is 14.9 Å². The average molecular weight is 381 g/mol. The summed E-state index contributed by atoms with van der Waals surface area (Å²) in [4.78, 5) is 23.4. The highest BCUT2D eigenvalue weighted by Gasteiger charge is 2.19. The molecule has 0 bridgehead atoms. The van der Waals surface area contributed by atoms with Crippen molar-refractivity contribution >= 4 is 11.6 Å². The minimum Gasteiger partial charge on any atom is -0.351 e. The molecule has 0 spiro atoms. The van der Waals surface area contributed by atoms with Gasteiger partial charge in [-0.3, -0.25) is 14.9 Å². The van der Waals surface area contributed by atoms with Gasteiger partial charge in [0, 0.05) is 31.9 Å². The molecule has 0 saturated carbocycles. The van der Waals surface area contributed by atoms with Crippen LogP contribution in [0.4, 0.5) is 5.69 Å². The summed E-state index contributed by atoms with van der Waals surface area (Å²) in [7, 11) is 1.90. The number of nitro benzene ring substituents is 1. The van der Waals surface area contributed by atoms with Crippen LogP contribution in [0.3, 0.4) is 0 Å². The number of benzene rings is 1. The number of amides is 1. The third-order valence-corrected chi connectivity index (χ3v) is 4.50. The molecule has 28 heavy (non-hydrogen) atoms. The molecule has 2 heterocycles. The van der Waals surface area contributed by atoms with Gasteiger partial charge >= 0.3 is 0 Å². The third kappa shape index (κ3) is 4.11. The zero-order valence-electron chi connectivity index (χ0n) is 16.0. The van der Waals surface area contributed by atoms with Crippen molar-refractivity contribution in [3.63, 3.8) is 0 Å². The molecule has 0 aliphatic rings. The number of non-ortho nitro benzene ring substituents is 1. The number of aryl methyl sites for hydroxylation is 1. The van der Waals surface area contributed by atoms with E-state index in [0.29, 0.717) is 23.6 Å². The van der Waals surface area contributed by atoms with Crippen LogP contribution in [0.2, 0.25) is 0 Å². The number of carbonyl (C=O) groups is 1. The quantitative estimate of drug-likeness (QED) is 0.366. The Hall–Kier alpha value is -3.42. The van der Waals surface area contributed by atoms with E-state index < -0.39 is 4.92 Å². The number of carbonyl (C=O) groups excluding carboxylic acids is 1. The molecule has 3 aromatic rings. The van der Waals surface area contributed by atoms with Gasteiger partial charge in [-0.05, 0) is 30.7 Å². The van der Waals surface area contributed by atoms with Crippen molar-refractivity contribution in [2.24, 2.45) is 7.05 Å².